The van der Waals surface area contributed by atoms with Crippen LogP contribution in [0.4, 0.5) is 5.82 Å². The molecule has 5 nitrogen and oxygen atoms in total. The van der Waals surface area contributed by atoms with Crippen molar-refractivity contribution in [3.05, 3.63) is 17.7 Å². The van der Waals surface area contributed by atoms with Gasteiger partial charge in [-0.2, -0.15) is 4.37 Å². The van der Waals surface area contributed by atoms with E-state index in [0.29, 0.717) is 0 Å². The molecular weight excluding hydrogens is 242 g/mol. The van der Waals surface area contributed by atoms with Crippen LogP contribution in [0.5, 0.6) is 0 Å². The molecule has 0 fully saturated rings. The van der Waals surface area contributed by atoms with Gasteiger partial charge < -0.3 is 5.32 Å². The zero-order valence-corrected chi connectivity index (χ0v) is 10.8. The number of anilines is 1. The summed E-state index contributed by atoms with van der Waals surface area (Å²) >= 11 is 2.89. The summed E-state index contributed by atoms with van der Waals surface area (Å²) in [6.07, 6.45) is 0. The smallest absolute Gasteiger partial charge is 0.176 e. The summed E-state index contributed by atoms with van der Waals surface area (Å²) in [5, 5.41) is 3.88. The third kappa shape index (κ3) is 2.67. The van der Waals surface area contributed by atoms with E-state index >= 15 is 0 Å². The lowest BCUT2D eigenvalue weighted by Crippen LogP contribution is -1.97. The number of aryl methyl sites for hydroxylation is 2. The van der Waals surface area contributed by atoms with Crippen LogP contribution in [0.1, 0.15) is 11.6 Å². The summed E-state index contributed by atoms with van der Waals surface area (Å²) in [5.74, 6) is 2.36. The fraction of sp³-hybridized carbons (Fsp3) is 0.333. The van der Waals surface area contributed by atoms with Gasteiger partial charge in [-0.15, -0.1) is 0 Å². The van der Waals surface area contributed by atoms with E-state index < -0.39 is 0 Å². The maximum atomic E-state index is 4.34. The molecule has 0 amide bonds. The molecule has 2 rings (SSSR count). The average molecular weight is 253 g/mol. The van der Waals surface area contributed by atoms with Crippen molar-refractivity contribution in [2.75, 3.05) is 12.4 Å². The predicted octanol–water partition coefficient (Wildman–Crippen LogP) is 2.14. The monoisotopic (exact) mass is 253 g/mol. The van der Waals surface area contributed by atoms with E-state index in [-0.39, 0.29) is 0 Å². The fourth-order valence-corrected chi connectivity index (χ4v) is 2.78. The van der Waals surface area contributed by atoms with Gasteiger partial charge in [0, 0.05) is 13.1 Å². The minimum absolute atomic E-state index is 0.746. The first-order valence-electron chi connectivity index (χ1n) is 4.69. The molecule has 0 bridgehead atoms. The second kappa shape index (κ2) is 4.75. The summed E-state index contributed by atoms with van der Waals surface area (Å²) in [6.45, 7) is 3.75. The van der Waals surface area contributed by atoms with E-state index in [2.05, 4.69) is 24.6 Å². The highest BCUT2D eigenvalue weighted by Crippen LogP contribution is 2.28. The van der Waals surface area contributed by atoms with Crippen LogP contribution in [0, 0.1) is 13.8 Å². The van der Waals surface area contributed by atoms with Crippen molar-refractivity contribution in [2.24, 2.45) is 0 Å². The van der Waals surface area contributed by atoms with Crippen molar-refractivity contribution in [1.82, 2.24) is 19.3 Å². The first kappa shape index (κ1) is 11.3. The van der Waals surface area contributed by atoms with Gasteiger partial charge in [-0.1, -0.05) is 0 Å². The number of rotatable bonds is 3. The quantitative estimate of drug-likeness (QED) is 0.845. The molecule has 0 saturated carbocycles. The van der Waals surface area contributed by atoms with Crippen LogP contribution < -0.4 is 5.32 Å². The molecular formula is C9H11N5S2. The van der Waals surface area contributed by atoms with Gasteiger partial charge in [0.05, 0.1) is 0 Å². The molecule has 0 aromatic carbocycles. The van der Waals surface area contributed by atoms with Gasteiger partial charge in [-0.25, -0.2) is 15.0 Å². The van der Waals surface area contributed by atoms with Crippen molar-refractivity contribution in [1.29, 1.82) is 0 Å². The summed E-state index contributed by atoms with van der Waals surface area (Å²) in [7, 11) is 1.84. The van der Waals surface area contributed by atoms with Crippen molar-refractivity contribution in [3.63, 3.8) is 0 Å². The Morgan fingerprint density at radius 3 is 2.62 bits per heavy atom. The minimum Gasteiger partial charge on any atom is -0.373 e. The SMILES string of the molecule is CNc1cc(Sc2nc(C)ns2)nc(C)n1. The molecule has 0 radical (unpaired) electrons. The number of nitrogens with one attached hydrogen (secondary N) is 1. The van der Waals surface area contributed by atoms with Crippen LogP contribution in [-0.4, -0.2) is 26.4 Å². The molecule has 7 heteroatoms. The molecule has 2 aromatic rings. The maximum Gasteiger partial charge on any atom is 0.176 e. The van der Waals surface area contributed by atoms with Gasteiger partial charge in [0.1, 0.15) is 22.5 Å². The number of aromatic nitrogens is 4. The Kier molecular flexibility index (Phi) is 3.35. The van der Waals surface area contributed by atoms with Crippen LogP contribution in [-0.2, 0) is 0 Å². The lowest BCUT2D eigenvalue weighted by Gasteiger charge is -2.02. The molecule has 0 aliphatic carbocycles. The maximum absolute atomic E-state index is 4.34. The molecule has 2 aromatic heterocycles. The molecule has 2 heterocycles. The molecule has 0 aliphatic heterocycles. The van der Waals surface area contributed by atoms with Gasteiger partial charge in [-0.3, -0.25) is 0 Å². The molecule has 0 aliphatic rings. The second-order valence-electron chi connectivity index (χ2n) is 3.10. The van der Waals surface area contributed by atoms with Gasteiger partial charge in [0.25, 0.3) is 0 Å². The van der Waals surface area contributed by atoms with E-state index in [1.807, 2.05) is 27.0 Å². The van der Waals surface area contributed by atoms with Gasteiger partial charge in [0.2, 0.25) is 0 Å². The highest BCUT2D eigenvalue weighted by molar-refractivity contribution is 8.00. The zero-order chi connectivity index (χ0) is 11.5. The molecule has 0 saturated heterocycles. The van der Waals surface area contributed by atoms with Gasteiger partial charge >= 0.3 is 0 Å². The molecule has 84 valence electrons. The molecule has 1 N–H and O–H groups in total. The van der Waals surface area contributed by atoms with Crippen molar-refractivity contribution in [3.8, 4) is 0 Å². The Morgan fingerprint density at radius 1 is 1.19 bits per heavy atom. The van der Waals surface area contributed by atoms with Crippen molar-refractivity contribution < 1.29 is 0 Å². The Bertz CT molecular complexity index is 496. The lowest BCUT2D eigenvalue weighted by molar-refractivity contribution is 0.967. The predicted molar refractivity (Wildman–Crippen MR) is 65.1 cm³/mol. The summed E-state index contributed by atoms with van der Waals surface area (Å²) in [4.78, 5) is 12.8. The van der Waals surface area contributed by atoms with E-state index in [1.54, 1.807) is 0 Å². The third-order valence-electron chi connectivity index (χ3n) is 1.77. The normalized spacial score (nSPS) is 10.4. The average Bonchev–Trinajstić information content (AvgIpc) is 2.63. The number of hydrogen-bond acceptors (Lipinski definition) is 7. The Labute approximate surface area is 102 Å². The van der Waals surface area contributed by atoms with Crippen LogP contribution in [0.2, 0.25) is 0 Å². The Balaban J connectivity index is 2.24. The number of nitrogens with zero attached hydrogens (tertiary/aromatic N) is 4. The molecule has 0 atom stereocenters. The topological polar surface area (TPSA) is 63.6 Å². The standard InChI is InChI=1S/C9H11N5S2/c1-5-11-7(10-3)4-8(12-5)15-9-13-6(2)14-16-9/h4H,1-3H3,(H,10,11,12). The summed E-state index contributed by atoms with van der Waals surface area (Å²) in [5.41, 5.74) is 0. The highest BCUT2D eigenvalue weighted by atomic mass is 32.2. The second-order valence-corrected chi connectivity index (χ2v) is 5.12. The van der Waals surface area contributed by atoms with Crippen LogP contribution in [0.25, 0.3) is 0 Å². The van der Waals surface area contributed by atoms with Crippen molar-refractivity contribution >= 4 is 29.1 Å². The summed E-state index contributed by atoms with van der Waals surface area (Å²) < 4.78 is 5.03. The first-order chi connectivity index (χ1) is 7.67. The number of hydrogen-bond donors (Lipinski definition) is 1. The van der Waals surface area contributed by atoms with E-state index in [0.717, 1.165) is 26.8 Å². The van der Waals surface area contributed by atoms with E-state index in [4.69, 9.17) is 0 Å². The van der Waals surface area contributed by atoms with Crippen LogP contribution in [0.15, 0.2) is 15.4 Å². The lowest BCUT2D eigenvalue weighted by atomic mass is 10.5. The zero-order valence-electron chi connectivity index (χ0n) is 9.18. The largest absolute Gasteiger partial charge is 0.373 e. The Hall–Kier alpha value is -1.21. The van der Waals surface area contributed by atoms with Crippen LogP contribution in [0.3, 0.4) is 0 Å². The van der Waals surface area contributed by atoms with Gasteiger partial charge in [-0.05, 0) is 37.1 Å². The molecule has 0 unspecified atom stereocenters. The highest BCUT2D eigenvalue weighted by Gasteiger charge is 2.06. The fourth-order valence-electron chi connectivity index (χ4n) is 1.13. The first-order valence-corrected chi connectivity index (χ1v) is 6.28. The molecule has 16 heavy (non-hydrogen) atoms. The van der Waals surface area contributed by atoms with Crippen LogP contribution >= 0.6 is 23.3 Å². The van der Waals surface area contributed by atoms with E-state index in [1.165, 1.54) is 23.3 Å². The summed E-state index contributed by atoms with van der Waals surface area (Å²) in [6, 6.07) is 1.90. The minimum atomic E-state index is 0.746. The van der Waals surface area contributed by atoms with E-state index in [9.17, 15) is 0 Å². The van der Waals surface area contributed by atoms with Crippen molar-refractivity contribution in [2.45, 2.75) is 23.2 Å². The molecule has 0 spiro atoms. The Morgan fingerprint density at radius 2 is 2.00 bits per heavy atom. The van der Waals surface area contributed by atoms with Gasteiger partial charge in [0.15, 0.2) is 4.34 Å². The third-order valence-corrected chi connectivity index (χ3v) is 3.53.